The molecule has 1 unspecified atom stereocenters. The summed E-state index contributed by atoms with van der Waals surface area (Å²) in [6, 6.07) is 9.46. The van der Waals surface area contributed by atoms with Gasteiger partial charge in [-0.1, -0.05) is 30.3 Å². The molecule has 23 heavy (non-hydrogen) atoms. The van der Waals surface area contributed by atoms with E-state index in [0.29, 0.717) is 25.6 Å². The Bertz CT molecular complexity index is 669. The molecule has 1 aromatic carbocycles. The van der Waals surface area contributed by atoms with Crippen LogP contribution in [0.15, 0.2) is 35.1 Å². The molecule has 0 radical (unpaired) electrons. The molecule has 0 aliphatic carbocycles. The number of aromatic nitrogens is 3. The summed E-state index contributed by atoms with van der Waals surface area (Å²) < 4.78 is 11.6. The standard InChI is InChI=1S/C14H19N4O4P/c19-14-15-13(10-17-6-8-21-9-7-17)16-18(14)23(20)22-11-12-4-2-1-3-5-12/h1-5,20H,6-11H2,(H,15,16,19). The van der Waals surface area contributed by atoms with Crippen LogP contribution < -0.4 is 5.69 Å². The molecule has 124 valence electrons. The fourth-order valence-electron chi connectivity index (χ4n) is 2.28. The number of nitrogens with zero attached hydrogens (tertiary/aromatic N) is 3. The normalized spacial score (nSPS) is 17.3. The highest BCUT2D eigenvalue weighted by molar-refractivity contribution is 7.44. The van der Waals surface area contributed by atoms with Crippen molar-refractivity contribution in [3.63, 3.8) is 0 Å². The van der Waals surface area contributed by atoms with Crippen molar-refractivity contribution in [2.75, 3.05) is 26.3 Å². The molecule has 1 aliphatic heterocycles. The molecule has 8 nitrogen and oxygen atoms in total. The first-order valence-electron chi connectivity index (χ1n) is 7.37. The van der Waals surface area contributed by atoms with Crippen molar-refractivity contribution in [3.05, 3.63) is 52.2 Å². The van der Waals surface area contributed by atoms with Crippen LogP contribution in [0, 0.1) is 0 Å². The van der Waals surface area contributed by atoms with E-state index in [0.717, 1.165) is 23.1 Å². The SMILES string of the molecule is O=c1[nH]c(CN2CCOCC2)nn1P(O)OCc1ccccc1. The fraction of sp³-hybridized carbons (Fsp3) is 0.429. The zero-order chi connectivity index (χ0) is 16.1. The molecule has 1 saturated heterocycles. The van der Waals surface area contributed by atoms with Gasteiger partial charge in [0.05, 0.1) is 26.4 Å². The van der Waals surface area contributed by atoms with Crippen LogP contribution in [-0.4, -0.2) is 50.6 Å². The molecule has 1 aliphatic rings. The van der Waals surface area contributed by atoms with E-state index in [2.05, 4.69) is 15.0 Å². The maximum Gasteiger partial charge on any atom is 0.350 e. The minimum Gasteiger partial charge on any atom is -0.379 e. The summed E-state index contributed by atoms with van der Waals surface area (Å²) in [4.78, 5) is 26.8. The van der Waals surface area contributed by atoms with Crippen LogP contribution in [0.5, 0.6) is 0 Å². The third-order valence-electron chi connectivity index (χ3n) is 3.48. The average Bonchev–Trinajstić information content (AvgIpc) is 2.95. The number of hydrogen-bond acceptors (Lipinski definition) is 6. The van der Waals surface area contributed by atoms with Crippen molar-refractivity contribution >= 4 is 8.53 Å². The Morgan fingerprint density at radius 2 is 2.04 bits per heavy atom. The highest BCUT2D eigenvalue weighted by atomic mass is 31.2. The Morgan fingerprint density at radius 3 is 2.78 bits per heavy atom. The number of hydrogen-bond donors (Lipinski definition) is 2. The van der Waals surface area contributed by atoms with Crippen LogP contribution >= 0.6 is 8.53 Å². The fourth-order valence-corrected chi connectivity index (χ4v) is 3.04. The predicted octanol–water partition coefficient (Wildman–Crippen LogP) is 0.688. The molecule has 0 amide bonds. The van der Waals surface area contributed by atoms with Gasteiger partial charge in [0.2, 0.25) is 0 Å². The largest absolute Gasteiger partial charge is 0.379 e. The van der Waals surface area contributed by atoms with E-state index in [1.807, 2.05) is 30.3 Å². The summed E-state index contributed by atoms with van der Waals surface area (Å²) in [5.41, 5.74) is 0.459. The number of rotatable bonds is 6. The Balaban J connectivity index is 1.59. The van der Waals surface area contributed by atoms with Gasteiger partial charge in [0.25, 0.3) is 0 Å². The highest BCUT2D eigenvalue weighted by Crippen LogP contribution is 2.31. The number of morpholine rings is 1. The zero-order valence-electron chi connectivity index (χ0n) is 12.6. The lowest BCUT2D eigenvalue weighted by molar-refractivity contribution is 0.0330. The van der Waals surface area contributed by atoms with E-state index in [1.165, 1.54) is 0 Å². The minimum atomic E-state index is -2.10. The lowest BCUT2D eigenvalue weighted by Crippen LogP contribution is -2.36. The molecule has 1 aromatic heterocycles. The van der Waals surface area contributed by atoms with E-state index >= 15 is 0 Å². The maximum absolute atomic E-state index is 11.9. The van der Waals surface area contributed by atoms with Crippen LogP contribution in [0.4, 0.5) is 0 Å². The molecule has 0 spiro atoms. The van der Waals surface area contributed by atoms with Crippen LogP contribution in [-0.2, 0) is 22.4 Å². The number of H-pyrrole nitrogens is 1. The van der Waals surface area contributed by atoms with Gasteiger partial charge in [-0.25, -0.2) is 4.79 Å². The Hall–Kier alpha value is -1.57. The van der Waals surface area contributed by atoms with Gasteiger partial charge in [0, 0.05) is 13.1 Å². The average molecular weight is 338 g/mol. The molecule has 3 rings (SSSR count). The summed E-state index contributed by atoms with van der Waals surface area (Å²) >= 11 is 0. The molecule has 1 atom stereocenters. The molecular formula is C14H19N4O4P. The minimum absolute atomic E-state index is 0.223. The Labute approximate surface area is 134 Å². The van der Waals surface area contributed by atoms with E-state index in [4.69, 9.17) is 9.26 Å². The van der Waals surface area contributed by atoms with Gasteiger partial charge in [-0.2, -0.15) is 0 Å². The molecule has 2 aromatic rings. The predicted molar refractivity (Wildman–Crippen MR) is 84.7 cm³/mol. The summed E-state index contributed by atoms with van der Waals surface area (Å²) in [6.07, 6.45) is 0. The second-order valence-corrected chi connectivity index (χ2v) is 6.31. The summed E-state index contributed by atoms with van der Waals surface area (Å²) in [6.45, 7) is 3.70. The lowest BCUT2D eigenvalue weighted by atomic mass is 10.2. The first kappa shape index (κ1) is 16.3. The molecule has 1 fully saturated rings. The Morgan fingerprint density at radius 1 is 1.30 bits per heavy atom. The number of ether oxygens (including phenoxy) is 1. The highest BCUT2D eigenvalue weighted by Gasteiger charge is 2.18. The van der Waals surface area contributed by atoms with Crippen molar-refractivity contribution in [1.82, 2.24) is 19.4 Å². The molecule has 9 heteroatoms. The molecule has 0 saturated carbocycles. The topological polar surface area (TPSA) is 92.6 Å². The molecular weight excluding hydrogens is 319 g/mol. The first-order valence-corrected chi connectivity index (χ1v) is 8.53. The summed E-state index contributed by atoms with van der Waals surface area (Å²) in [5, 5.41) is 4.14. The smallest absolute Gasteiger partial charge is 0.350 e. The number of aromatic amines is 1. The number of nitrogens with one attached hydrogen (secondary N) is 1. The molecule has 0 bridgehead atoms. The first-order chi connectivity index (χ1) is 11.2. The van der Waals surface area contributed by atoms with Gasteiger partial charge in [-0.05, 0) is 5.56 Å². The van der Waals surface area contributed by atoms with Crippen molar-refractivity contribution in [3.8, 4) is 0 Å². The van der Waals surface area contributed by atoms with Crippen molar-refractivity contribution < 1.29 is 14.2 Å². The quantitative estimate of drug-likeness (QED) is 0.753. The van der Waals surface area contributed by atoms with Gasteiger partial charge in [0.1, 0.15) is 5.82 Å². The zero-order valence-corrected chi connectivity index (χ0v) is 13.5. The van der Waals surface area contributed by atoms with E-state index in [1.54, 1.807) is 0 Å². The van der Waals surface area contributed by atoms with Crippen molar-refractivity contribution in [2.45, 2.75) is 13.2 Å². The van der Waals surface area contributed by atoms with E-state index in [9.17, 15) is 9.69 Å². The monoisotopic (exact) mass is 338 g/mol. The van der Waals surface area contributed by atoms with Gasteiger partial charge in [0.15, 0.2) is 0 Å². The maximum atomic E-state index is 11.9. The summed E-state index contributed by atoms with van der Waals surface area (Å²) in [5.74, 6) is 0.516. The van der Waals surface area contributed by atoms with Crippen LogP contribution in [0.2, 0.25) is 0 Å². The second kappa shape index (κ2) is 7.81. The molecule has 2 N–H and O–H groups in total. The van der Waals surface area contributed by atoms with E-state index < -0.39 is 14.2 Å². The number of benzene rings is 1. The van der Waals surface area contributed by atoms with Gasteiger partial charge < -0.3 is 14.2 Å². The van der Waals surface area contributed by atoms with E-state index in [-0.39, 0.29) is 6.61 Å². The third kappa shape index (κ3) is 4.46. The molecule has 2 heterocycles. The van der Waals surface area contributed by atoms with Crippen LogP contribution in [0.1, 0.15) is 11.4 Å². The van der Waals surface area contributed by atoms with Crippen LogP contribution in [0.3, 0.4) is 0 Å². The lowest BCUT2D eigenvalue weighted by Gasteiger charge is -2.25. The second-order valence-electron chi connectivity index (χ2n) is 5.17. The summed E-state index contributed by atoms with van der Waals surface area (Å²) in [7, 11) is -2.10. The van der Waals surface area contributed by atoms with Gasteiger partial charge >= 0.3 is 14.2 Å². The Kier molecular flexibility index (Phi) is 5.53. The van der Waals surface area contributed by atoms with Crippen LogP contribution in [0.25, 0.3) is 0 Å². The van der Waals surface area contributed by atoms with Crippen molar-refractivity contribution in [1.29, 1.82) is 0 Å². The van der Waals surface area contributed by atoms with Gasteiger partial charge in [-0.15, -0.1) is 9.55 Å². The van der Waals surface area contributed by atoms with Gasteiger partial charge in [-0.3, -0.25) is 9.88 Å². The van der Waals surface area contributed by atoms with Crippen molar-refractivity contribution in [2.24, 2.45) is 0 Å². The third-order valence-corrected chi connectivity index (χ3v) is 4.43.